The van der Waals surface area contributed by atoms with Crippen molar-refractivity contribution in [2.75, 3.05) is 10.6 Å². The molecule has 0 saturated heterocycles. The molecule has 4 aromatic rings. The lowest BCUT2D eigenvalue weighted by molar-refractivity contribution is -0.137. The SMILES string of the molecule is CC(Sc1ccc(NC(=O)c2cccc3cccc(C(=O)O)c23)cc1)C(=O)Nc1ccccc1C(F)(F)F. The number of halogens is 3. The average Bonchev–Trinajstić information content (AvgIpc) is 2.88. The van der Waals surface area contributed by atoms with E-state index in [1.165, 1.54) is 24.3 Å². The third kappa shape index (κ3) is 5.97. The lowest BCUT2D eigenvalue weighted by Crippen LogP contribution is -2.24. The predicted molar refractivity (Wildman–Crippen MR) is 141 cm³/mol. The van der Waals surface area contributed by atoms with E-state index in [2.05, 4.69) is 10.6 Å². The summed E-state index contributed by atoms with van der Waals surface area (Å²) in [7, 11) is 0. The van der Waals surface area contributed by atoms with Gasteiger partial charge in [-0.3, -0.25) is 9.59 Å². The van der Waals surface area contributed by atoms with Gasteiger partial charge >= 0.3 is 12.1 Å². The summed E-state index contributed by atoms with van der Waals surface area (Å²) in [5.74, 6) is -2.22. The number of rotatable bonds is 7. The van der Waals surface area contributed by atoms with Gasteiger partial charge in [0, 0.05) is 21.5 Å². The fourth-order valence-corrected chi connectivity index (χ4v) is 4.72. The molecule has 0 fully saturated rings. The highest BCUT2D eigenvalue weighted by Gasteiger charge is 2.34. The molecule has 194 valence electrons. The van der Waals surface area contributed by atoms with Crippen LogP contribution >= 0.6 is 11.8 Å². The second-order valence-corrected chi connectivity index (χ2v) is 9.70. The number of thioether (sulfide) groups is 1. The highest BCUT2D eigenvalue weighted by atomic mass is 32.2. The van der Waals surface area contributed by atoms with Crippen LogP contribution in [-0.2, 0) is 11.0 Å². The number of amides is 2. The normalized spacial score (nSPS) is 12.1. The standard InChI is InChI=1S/C28H21F3N2O4S/c1-16(25(34)33-23-11-3-2-10-22(23)28(29,30)31)38-19-14-12-18(13-15-19)32-26(35)20-8-4-6-17-7-5-9-21(24(17)20)27(36)37/h2-16H,1H3,(H,32,35)(H,33,34)(H,36,37). The van der Waals surface area contributed by atoms with Gasteiger partial charge in [-0.15, -0.1) is 11.8 Å². The van der Waals surface area contributed by atoms with Crippen molar-refractivity contribution in [2.24, 2.45) is 0 Å². The number of hydrogen-bond donors (Lipinski definition) is 3. The number of alkyl halides is 3. The number of fused-ring (bicyclic) bond motifs is 1. The van der Waals surface area contributed by atoms with Crippen LogP contribution in [0.2, 0.25) is 0 Å². The first-order chi connectivity index (χ1) is 18.0. The molecule has 1 unspecified atom stereocenters. The zero-order valence-corrected chi connectivity index (χ0v) is 20.7. The Morgan fingerprint density at radius 2 is 1.45 bits per heavy atom. The molecule has 0 saturated carbocycles. The van der Waals surface area contributed by atoms with E-state index in [9.17, 15) is 32.7 Å². The van der Waals surface area contributed by atoms with E-state index >= 15 is 0 Å². The van der Waals surface area contributed by atoms with Crippen LogP contribution in [-0.4, -0.2) is 28.1 Å². The Morgan fingerprint density at radius 1 is 0.816 bits per heavy atom. The summed E-state index contributed by atoms with van der Waals surface area (Å²) in [5.41, 5.74) is -0.559. The van der Waals surface area contributed by atoms with Crippen LogP contribution in [0.3, 0.4) is 0 Å². The second kappa shape index (κ2) is 11.0. The third-order valence-electron chi connectivity index (χ3n) is 5.66. The first-order valence-electron chi connectivity index (χ1n) is 11.3. The van der Waals surface area contributed by atoms with Crippen molar-refractivity contribution >= 4 is 51.7 Å². The molecule has 6 nitrogen and oxygen atoms in total. The molecule has 0 aliphatic rings. The Bertz CT molecular complexity index is 1520. The molecule has 0 radical (unpaired) electrons. The Kier molecular flexibility index (Phi) is 7.72. The Hall–Kier alpha value is -4.31. The molecular formula is C28H21F3N2O4S. The molecule has 2 amide bonds. The van der Waals surface area contributed by atoms with Crippen molar-refractivity contribution in [3.63, 3.8) is 0 Å². The monoisotopic (exact) mass is 538 g/mol. The predicted octanol–water partition coefficient (Wildman–Crippen LogP) is 6.93. The van der Waals surface area contributed by atoms with Crippen LogP contribution in [0.5, 0.6) is 0 Å². The number of carbonyl (C=O) groups excluding carboxylic acids is 2. The number of nitrogens with one attached hydrogen (secondary N) is 2. The molecule has 3 N–H and O–H groups in total. The van der Waals surface area contributed by atoms with E-state index in [1.54, 1.807) is 61.5 Å². The molecule has 38 heavy (non-hydrogen) atoms. The highest BCUT2D eigenvalue weighted by Crippen LogP contribution is 2.35. The minimum Gasteiger partial charge on any atom is -0.478 e. The summed E-state index contributed by atoms with van der Waals surface area (Å²) < 4.78 is 39.6. The van der Waals surface area contributed by atoms with E-state index in [1.807, 2.05) is 0 Å². The molecule has 4 aromatic carbocycles. The minimum atomic E-state index is -4.60. The molecule has 0 aromatic heterocycles. The lowest BCUT2D eigenvalue weighted by atomic mass is 9.98. The van der Waals surface area contributed by atoms with E-state index in [4.69, 9.17) is 0 Å². The molecule has 0 aliphatic heterocycles. The number of carbonyl (C=O) groups is 3. The fourth-order valence-electron chi connectivity index (χ4n) is 3.86. The summed E-state index contributed by atoms with van der Waals surface area (Å²) in [4.78, 5) is 37.9. The zero-order valence-electron chi connectivity index (χ0n) is 19.9. The van der Waals surface area contributed by atoms with Crippen LogP contribution < -0.4 is 10.6 Å². The van der Waals surface area contributed by atoms with Gasteiger partial charge in [0.2, 0.25) is 5.91 Å². The van der Waals surface area contributed by atoms with E-state index in [0.29, 0.717) is 21.4 Å². The summed E-state index contributed by atoms with van der Waals surface area (Å²) in [6.45, 7) is 1.58. The van der Waals surface area contributed by atoms with Gasteiger partial charge < -0.3 is 15.7 Å². The van der Waals surface area contributed by atoms with Gasteiger partial charge in [0.05, 0.1) is 22.1 Å². The van der Waals surface area contributed by atoms with Crippen molar-refractivity contribution in [3.05, 3.63) is 102 Å². The number of aromatic carboxylic acids is 1. The van der Waals surface area contributed by atoms with E-state index < -0.39 is 34.8 Å². The number of hydrogen-bond acceptors (Lipinski definition) is 4. The maximum absolute atomic E-state index is 13.2. The van der Waals surface area contributed by atoms with Crippen molar-refractivity contribution in [1.82, 2.24) is 0 Å². The molecule has 0 spiro atoms. The summed E-state index contributed by atoms with van der Waals surface area (Å²) in [6.07, 6.45) is -4.60. The Morgan fingerprint density at radius 3 is 2.08 bits per heavy atom. The topological polar surface area (TPSA) is 95.5 Å². The molecule has 0 heterocycles. The van der Waals surface area contributed by atoms with E-state index in [-0.39, 0.29) is 16.8 Å². The molecule has 4 rings (SSSR count). The van der Waals surface area contributed by atoms with Gasteiger partial charge in [-0.2, -0.15) is 13.2 Å². The molecular weight excluding hydrogens is 517 g/mol. The van der Waals surface area contributed by atoms with Crippen LogP contribution in [0.4, 0.5) is 24.5 Å². The lowest BCUT2D eigenvalue weighted by Gasteiger charge is -2.16. The Labute approximate surface area is 219 Å². The number of carboxylic acid groups (broad SMARTS) is 1. The van der Waals surface area contributed by atoms with Crippen molar-refractivity contribution in [3.8, 4) is 0 Å². The maximum atomic E-state index is 13.2. The smallest absolute Gasteiger partial charge is 0.418 e. The number of para-hydroxylation sites is 1. The van der Waals surface area contributed by atoms with Crippen molar-refractivity contribution in [1.29, 1.82) is 0 Å². The maximum Gasteiger partial charge on any atom is 0.418 e. The highest BCUT2D eigenvalue weighted by molar-refractivity contribution is 8.00. The van der Waals surface area contributed by atoms with Gasteiger partial charge in [0.25, 0.3) is 5.91 Å². The number of benzene rings is 4. The quantitative estimate of drug-likeness (QED) is 0.222. The van der Waals surface area contributed by atoms with Crippen LogP contribution in [0.25, 0.3) is 10.8 Å². The van der Waals surface area contributed by atoms with Crippen molar-refractivity contribution < 1.29 is 32.7 Å². The van der Waals surface area contributed by atoms with Gasteiger partial charge in [0.15, 0.2) is 0 Å². The zero-order chi connectivity index (χ0) is 27.4. The second-order valence-electron chi connectivity index (χ2n) is 8.29. The molecule has 10 heteroatoms. The molecule has 1 atom stereocenters. The first kappa shape index (κ1) is 26.7. The molecule has 0 aliphatic carbocycles. The number of carboxylic acids is 1. The minimum absolute atomic E-state index is 0.0186. The number of anilines is 2. The van der Waals surface area contributed by atoms with Gasteiger partial charge in [-0.1, -0.05) is 36.4 Å². The summed E-state index contributed by atoms with van der Waals surface area (Å²) in [5, 5.41) is 14.9. The summed E-state index contributed by atoms with van der Waals surface area (Å²) >= 11 is 1.14. The Balaban J connectivity index is 1.44. The third-order valence-corrected chi connectivity index (χ3v) is 6.78. The van der Waals surface area contributed by atoms with Gasteiger partial charge in [-0.25, -0.2) is 4.79 Å². The average molecular weight is 539 g/mol. The van der Waals surface area contributed by atoms with Crippen LogP contribution in [0.15, 0.2) is 89.8 Å². The van der Waals surface area contributed by atoms with Gasteiger partial charge in [-0.05, 0) is 60.8 Å². The first-order valence-corrected chi connectivity index (χ1v) is 12.2. The largest absolute Gasteiger partial charge is 0.478 e. The molecule has 0 bridgehead atoms. The van der Waals surface area contributed by atoms with Crippen molar-refractivity contribution in [2.45, 2.75) is 23.2 Å². The van der Waals surface area contributed by atoms with Gasteiger partial charge in [0.1, 0.15) is 0 Å². The van der Waals surface area contributed by atoms with Crippen LogP contribution in [0, 0.1) is 0 Å². The summed E-state index contributed by atoms with van der Waals surface area (Å²) in [6, 6.07) is 21.1. The fraction of sp³-hybridized carbons (Fsp3) is 0.107. The van der Waals surface area contributed by atoms with Crippen LogP contribution in [0.1, 0.15) is 33.2 Å². The van der Waals surface area contributed by atoms with E-state index in [0.717, 1.165) is 17.8 Å².